The molecule has 0 aliphatic heterocycles. The predicted octanol–water partition coefficient (Wildman–Crippen LogP) is -4.76. The molecule has 11 nitrogen and oxygen atoms in total. The van der Waals surface area contributed by atoms with Crippen LogP contribution >= 0.6 is 0 Å². The van der Waals surface area contributed by atoms with E-state index in [0.717, 1.165) is 13.8 Å². The predicted molar refractivity (Wildman–Crippen MR) is 93.2 cm³/mol. The Labute approximate surface area is 213 Å². The molecule has 2 atom stereocenters. The van der Waals surface area contributed by atoms with Crippen LogP contribution < -0.4 is 25.5 Å². The van der Waals surface area contributed by atoms with Crippen LogP contribution in [0.4, 0.5) is 0 Å². The van der Waals surface area contributed by atoms with Gasteiger partial charge in [0.05, 0.1) is 24.1 Å². The van der Waals surface area contributed by atoms with Crippen LogP contribution in [0, 0.1) is 0 Å². The molecule has 0 rings (SSSR count). The second-order valence-electron chi connectivity index (χ2n) is 5.92. The summed E-state index contributed by atoms with van der Waals surface area (Å²) in [5.41, 5.74) is 0. The van der Waals surface area contributed by atoms with Gasteiger partial charge >= 0.3 is 43.4 Å². The van der Waals surface area contributed by atoms with Crippen LogP contribution in [0.25, 0.3) is 0 Å². The van der Waals surface area contributed by atoms with Gasteiger partial charge in [0.1, 0.15) is 5.78 Å². The van der Waals surface area contributed by atoms with E-state index in [1.165, 1.54) is 0 Å². The maximum absolute atomic E-state index is 10.4. The Morgan fingerprint density at radius 1 is 0.710 bits per heavy atom. The summed E-state index contributed by atoms with van der Waals surface area (Å²) in [7, 11) is 0. The summed E-state index contributed by atoms with van der Waals surface area (Å²) in [6.45, 7) is 10.5. The van der Waals surface area contributed by atoms with Crippen LogP contribution in [0.5, 0.6) is 0 Å². The van der Waals surface area contributed by atoms with Crippen LogP contribution in [0.15, 0.2) is 0 Å². The zero-order valence-electron chi connectivity index (χ0n) is 19.0. The molecule has 0 aliphatic rings. The third-order valence-corrected chi connectivity index (χ3v) is 1.55. The Hall–Kier alpha value is -0.651. The van der Waals surface area contributed by atoms with Crippen molar-refractivity contribution in [1.29, 1.82) is 0 Å². The smallest absolute Gasteiger partial charge is 0.852 e. The molecule has 0 saturated carbocycles. The standard InChI is InChI=1S/C6H10O3.2C3H6O3.2C3H7O.2Ti/c1-2-3-5(7)4-6(8)9;2*1-2(4)3(5)6;2*1-3(2)4;;/h2-4H2,1H3,(H,8,9);2*2,4H,1H3,(H,5,6);2*3H,1-2H3;;/q;;;2*-1;2*+4/p-3. The minimum Gasteiger partial charge on any atom is -0.852 e. The molecule has 0 bridgehead atoms. The van der Waals surface area contributed by atoms with Crippen molar-refractivity contribution in [2.24, 2.45) is 0 Å². The summed E-state index contributed by atoms with van der Waals surface area (Å²) in [5.74, 6) is -4.41. The average molecular weight is 521 g/mol. The Bertz CT molecular complexity index is 397. The van der Waals surface area contributed by atoms with Crippen LogP contribution in [0.3, 0.4) is 0 Å². The summed E-state index contributed by atoms with van der Waals surface area (Å²) < 4.78 is 0. The summed E-state index contributed by atoms with van der Waals surface area (Å²) >= 11 is 0. The van der Waals surface area contributed by atoms with E-state index < -0.39 is 48.7 Å². The Kier molecular flexibility index (Phi) is 52.5. The van der Waals surface area contributed by atoms with Crippen molar-refractivity contribution in [2.45, 2.75) is 92.1 Å². The largest absolute Gasteiger partial charge is 4.00 e. The minimum atomic E-state index is -1.44. The fourth-order valence-corrected chi connectivity index (χ4v) is 0.528. The number of aliphatic hydroxyl groups excluding tert-OH is 2. The number of aliphatic carboxylic acids is 3. The van der Waals surface area contributed by atoms with Crippen molar-refractivity contribution in [2.75, 3.05) is 0 Å². The summed E-state index contributed by atoms with van der Waals surface area (Å²) in [5, 5.41) is 63.4. The zero-order valence-corrected chi connectivity index (χ0v) is 22.1. The first-order valence-corrected chi connectivity index (χ1v) is 8.73. The molecule has 0 heterocycles. The molecule has 0 aromatic carbocycles. The fourth-order valence-electron chi connectivity index (χ4n) is 0.528. The number of hydrogen-bond acceptors (Lipinski definition) is 11. The molecular weight excluding hydrogens is 488 g/mol. The van der Waals surface area contributed by atoms with Gasteiger partial charge in [0.2, 0.25) is 0 Å². The van der Waals surface area contributed by atoms with Gasteiger partial charge in [0.25, 0.3) is 0 Å². The molecule has 2 N–H and O–H groups in total. The fraction of sp³-hybridized carbons (Fsp3) is 0.778. The van der Waals surface area contributed by atoms with Gasteiger partial charge in [-0.1, -0.05) is 34.6 Å². The number of ketones is 1. The van der Waals surface area contributed by atoms with Gasteiger partial charge in [-0.05, 0) is 20.3 Å². The Morgan fingerprint density at radius 2 is 0.903 bits per heavy atom. The van der Waals surface area contributed by atoms with E-state index in [9.17, 15) is 44.7 Å². The van der Waals surface area contributed by atoms with Gasteiger partial charge in [0.15, 0.2) is 0 Å². The van der Waals surface area contributed by atoms with Gasteiger partial charge in [-0.15, -0.1) is 12.2 Å². The third kappa shape index (κ3) is 107. The normalized spacial score (nSPS) is 10.2. The number of hydrogen-bond donors (Lipinski definition) is 2. The first-order valence-electron chi connectivity index (χ1n) is 8.73. The average Bonchev–Trinajstić information content (AvgIpc) is 2.46. The van der Waals surface area contributed by atoms with Gasteiger partial charge < -0.3 is 50.1 Å². The molecule has 0 radical (unpaired) electrons. The zero-order chi connectivity index (χ0) is 24.7. The maximum Gasteiger partial charge on any atom is 4.00 e. The number of Topliss-reactive ketones (excluding diaryl/α,β-unsaturated/α-hetero) is 1. The molecule has 0 fully saturated rings. The molecule has 0 aromatic heterocycles. The SMILES string of the molecule is CC(C)[O-].CC(C)[O-].CC(O)C(=O)[O-].CC(O)C(=O)[O-].CCCC(=O)CC(=O)[O-].[Ti+4].[Ti+4]. The summed E-state index contributed by atoms with van der Waals surface area (Å²) in [4.78, 5) is 38.9. The van der Waals surface area contributed by atoms with Gasteiger partial charge in [-0.3, -0.25) is 4.79 Å². The number of carboxylic acids is 3. The van der Waals surface area contributed by atoms with E-state index in [0.29, 0.717) is 12.8 Å². The van der Waals surface area contributed by atoms with E-state index in [1.807, 2.05) is 6.92 Å². The van der Waals surface area contributed by atoms with Gasteiger partial charge in [-0.2, -0.15) is 0 Å². The molecular formula is C18H33O11Ti2+3. The number of carboxylic acid groups (broad SMARTS) is 3. The molecule has 31 heavy (non-hydrogen) atoms. The number of carbonyl (C=O) groups excluding carboxylic acids is 4. The molecule has 0 amide bonds. The molecule has 0 saturated heterocycles. The molecule has 176 valence electrons. The van der Waals surface area contributed by atoms with E-state index in [1.54, 1.807) is 27.7 Å². The molecule has 2 unspecified atom stereocenters. The van der Waals surface area contributed by atoms with Crippen molar-refractivity contribution in [3.8, 4) is 0 Å². The Balaban J connectivity index is -0.0000000473. The van der Waals surface area contributed by atoms with Gasteiger partial charge in [0, 0.05) is 18.8 Å². The van der Waals surface area contributed by atoms with Crippen molar-refractivity contribution in [1.82, 2.24) is 0 Å². The molecule has 0 aliphatic carbocycles. The van der Waals surface area contributed by atoms with E-state index in [2.05, 4.69) is 0 Å². The molecule has 13 heteroatoms. The van der Waals surface area contributed by atoms with Crippen molar-refractivity contribution in [3.63, 3.8) is 0 Å². The summed E-state index contributed by atoms with van der Waals surface area (Å²) in [6, 6.07) is 0. The summed E-state index contributed by atoms with van der Waals surface area (Å²) in [6.07, 6.45) is -2.91. The second-order valence-corrected chi connectivity index (χ2v) is 5.92. The van der Waals surface area contributed by atoms with Gasteiger partial charge in [-0.25, -0.2) is 0 Å². The number of rotatable bonds is 6. The molecule has 0 spiro atoms. The third-order valence-electron chi connectivity index (χ3n) is 1.55. The van der Waals surface area contributed by atoms with Crippen LogP contribution in [-0.4, -0.2) is 58.3 Å². The first kappa shape index (κ1) is 48.0. The van der Waals surface area contributed by atoms with Crippen LogP contribution in [-0.2, 0) is 62.6 Å². The van der Waals surface area contributed by atoms with E-state index in [-0.39, 0.29) is 49.2 Å². The Morgan fingerprint density at radius 3 is 1.00 bits per heavy atom. The number of aliphatic hydroxyl groups is 2. The number of carbonyl (C=O) groups is 4. The van der Waals surface area contributed by atoms with Crippen molar-refractivity contribution < 1.29 is 98.4 Å². The second kappa shape index (κ2) is 34.0. The quantitative estimate of drug-likeness (QED) is 0.249. The van der Waals surface area contributed by atoms with Crippen LogP contribution in [0.1, 0.15) is 67.7 Å². The topological polar surface area (TPSA) is 224 Å². The maximum atomic E-state index is 10.4. The van der Waals surface area contributed by atoms with E-state index in [4.69, 9.17) is 10.2 Å². The first-order chi connectivity index (χ1) is 12.9. The monoisotopic (exact) mass is 521 g/mol. The minimum absolute atomic E-state index is 0. The molecule has 0 aromatic rings. The van der Waals surface area contributed by atoms with Crippen molar-refractivity contribution >= 4 is 23.7 Å². The van der Waals surface area contributed by atoms with Crippen molar-refractivity contribution in [3.05, 3.63) is 0 Å². The van der Waals surface area contributed by atoms with Crippen LogP contribution in [0.2, 0.25) is 0 Å². The van der Waals surface area contributed by atoms with E-state index >= 15 is 0 Å².